The normalized spacial score (nSPS) is 11.4. The summed E-state index contributed by atoms with van der Waals surface area (Å²) in [5.74, 6) is 0. The summed E-state index contributed by atoms with van der Waals surface area (Å²) >= 11 is 0. The van der Waals surface area contributed by atoms with Crippen molar-refractivity contribution in [3.63, 3.8) is 0 Å². The second kappa shape index (κ2) is 35.8. The topological polar surface area (TPSA) is 275 Å². The maximum atomic E-state index is 8.25. The van der Waals surface area contributed by atoms with Gasteiger partial charge in [0.15, 0.2) is 0 Å². The molecule has 0 bridgehead atoms. The molecule has 0 aromatic carbocycles. The minimum Gasteiger partial charge on any atom is -0.677 e. The van der Waals surface area contributed by atoms with E-state index in [4.69, 9.17) is 65.0 Å². The van der Waals surface area contributed by atoms with Crippen molar-refractivity contribution in [3.05, 3.63) is 65.0 Å². The van der Waals surface area contributed by atoms with Crippen LogP contribution in [0.3, 0.4) is 0 Å². The summed E-state index contributed by atoms with van der Waals surface area (Å²) in [6.07, 6.45) is 2.12. The van der Waals surface area contributed by atoms with Gasteiger partial charge >= 0.3 is 19.5 Å². The molecule has 15 heteroatoms. The summed E-state index contributed by atoms with van der Waals surface area (Å²) in [5.41, 5.74) is 40.4. The van der Waals surface area contributed by atoms with Gasteiger partial charge in [0.05, 0.1) is 10.2 Å². The molecule has 3 atom stereocenters. The Hall–Kier alpha value is -1.22. The van der Waals surface area contributed by atoms with Gasteiger partial charge in [-0.15, -0.1) is 18.1 Å². The quantitative estimate of drug-likeness (QED) is 0.301. The van der Waals surface area contributed by atoms with E-state index >= 15 is 0 Å². The van der Waals surface area contributed by atoms with Crippen LogP contribution in [-0.4, -0.2) is 47.9 Å². The van der Waals surface area contributed by atoms with Crippen molar-refractivity contribution in [3.8, 4) is 0 Å². The Kier molecular flexibility index (Phi) is 53.7. The van der Waals surface area contributed by atoms with Crippen molar-refractivity contribution in [2.75, 3.05) is 19.6 Å². The molecule has 27 heavy (non-hydrogen) atoms. The first-order valence-electron chi connectivity index (χ1n) is 7.48. The molecule has 0 aromatic rings. The number of rotatable bonds is 6. The Balaban J connectivity index is -0.0000000512. The van der Waals surface area contributed by atoms with E-state index in [0.29, 0.717) is 38.9 Å². The Morgan fingerprint density at radius 3 is 0.741 bits per heavy atom. The monoisotopic (exact) mass is 446 g/mol. The van der Waals surface area contributed by atoms with Crippen LogP contribution in [0.5, 0.6) is 0 Å². The van der Waals surface area contributed by atoms with Gasteiger partial charge < -0.3 is 65.0 Å². The second-order valence-electron chi connectivity index (χ2n) is 4.77. The summed E-state index contributed by atoms with van der Waals surface area (Å²) in [6.45, 7) is 6.58. The van der Waals surface area contributed by atoms with Crippen LogP contribution in [0.2, 0.25) is 0 Å². The Bertz CT molecular complexity index is 245. The summed E-state index contributed by atoms with van der Waals surface area (Å²) in [5, 5.41) is 29.5. The first-order valence-corrected chi connectivity index (χ1v) is 7.48. The van der Waals surface area contributed by atoms with Crippen molar-refractivity contribution in [1.29, 1.82) is 0 Å². The average molecular weight is 448 g/mol. The van der Waals surface area contributed by atoms with Crippen molar-refractivity contribution < 1.29 is 29.7 Å². The van der Waals surface area contributed by atoms with Gasteiger partial charge in [-0.2, -0.15) is 19.6 Å². The van der Waals surface area contributed by atoms with E-state index in [-0.39, 0.29) is 37.6 Å². The van der Waals surface area contributed by atoms with Gasteiger partial charge in [-0.25, -0.2) is 0 Å². The van der Waals surface area contributed by atoms with Crippen LogP contribution in [0.1, 0.15) is 40.0 Å². The summed E-state index contributed by atoms with van der Waals surface area (Å²) in [6, 6.07) is -0.118. The minimum atomic E-state index is -1.75. The Labute approximate surface area is 173 Å². The van der Waals surface area contributed by atoms with Crippen LogP contribution in [0.15, 0.2) is 0 Å². The third-order valence-electron chi connectivity index (χ3n) is 1.73. The molecule has 0 aliphatic rings. The van der Waals surface area contributed by atoms with Crippen LogP contribution in [0.25, 0.3) is 34.4 Å². The maximum absolute atomic E-state index is 8.25. The molecular formula is C12H30N8O6Zn-6. The van der Waals surface area contributed by atoms with Gasteiger partial charge in [-0.05, 0) is 0 Å². The fourth-order valence-electron chi connectivity index (χ4n) is 0.650. The molecule has 3 unspecified atom stereocenters. The summed E-state index contributed by atoms with van der Waals surface area (Å²) in [7, 11) is 0. The Morgan fingerprint density at radius 1 is 0.630 bits per heavy atom. The Morgan fingerprint density at radius 2 is 0.741 bits per heavy atom. The van der Waals surface area contributed by atoms with E-state index in [1.54, 1.807) is 20.8 Å². The third kappa shape index (κ3) is 212. The van der Waals surface area contributed by atoms with Crippen molar-refractivity contribution in [2.24, 2.45) is 0 Å². The van der Waals surface area contributed by atoms with Crippen molar-refractivity contribution in [2.45, 2.75) is 58.2 Å². The van der Waals surface area contributed by atoms with Gasteiger partial charge in [-0.1, -0.05) is 40.0 Å². The zero-order chi connectivity index (χ0) is 22.1. The molecule has 0 radical (unpaired) electrons. The zero-order valence-corrected chi connectivity index (χ0v) is 19.0. The molecule has 14 nitrogen and oxygen atoms in total. The summed E-state index contributed by atoms with van der Waals surface area (Å²) in [4.78, 5) is 16.5. The minimum absolute atomic E-state index is 0. The number of nitrogens with one attached hydrogen (secondary N) is 6. The smallest absolute Gasteiger partial charge is 0.677 e. The molecular weight excluding hydrogens is 418 g/mol. The van der Waals surface area contributed by atoms with Gasteiger partial charge in [-0.3, -0.25) is 0 Å². The molecule has 0 aliphatic carbocycles. The molecule has 0 rings (SSSR count). The van der Waals surface area contributed by atoms with Crippen molar-refractivity contribution >= 4 is 0 Å². The largest absolute Gasteiger partial charge is 2.00 e. The predicted octanol–water partition coefficient (Wildman–Crippen LogP) is 5.13. The molecule has 0 aliphatic heterocycles. The molecule has 0 spiro atoms. The average Bonchev–Trinajstić information content (AvgIpc) is 2.37. The van der Waals surface area contributed by atoms with E-state index in [1.165, 1.54) is 0 Å². The molecule has 0 heterocycles. The fourth-order valence-corrected chi connectivity index (χ4v) is 0.650. The SMILES string of the molecule is CC([NH-])CC[NH-].CC([NH-])CC[NH-].CC([NH-])CC[NH-].O=[N+]([O-])[O-].O=[N+]([O-])[O-].[Zn+2]. The molecule has 0 fully saturated rings. The van der Waals surface area contributed by atoms with E-state index in [0.717, 1.165) is 0 Å². The number of hydrogen-bond acceptors (Lipinski definition) is 6. The third-order valence-corrected chi connectivity index (χ3v) is 1.73. The molecule has 0 amide bonds. The van der Waals surface area contributed by atoms with Gasteiger partial charge in [0, 0.05) is 0 Å². The molecule has 6 N–H and O–H groups in total. The van der Waals surface area contributed by atoms with Crippen LogP contribution in [0, 0.1) is 30.6 Å². The van der Waals surface area contributed by atoms with E-state index in [2.05, 4.69) is 0 Å². The van der Waals surface area contributed by atoms with Crippen molar-refractivity contribution in [1.82, 2.24) is 0 Å². The van der Waals surface area contributed by atoms with Gasteiger partial charge in [0.1, 0.15) is 0 Å². The van der Waals surface area contributed by atoms with E-state index in [1.807, 2.05) is 0 Å². The van der Waals surface area contributed by atoms with Crippen LogP contribution >= 0.6 is 0 Å². The fraction of sp³-hybridized carbons (Fsp3) is 1.00. The predicted molar refractivity (Wildman–Crippen MR) is 103 cm³/mol. The van der Waals surface area contributed by atoms with Crippen LogP contribution in [-0.2, 0) is 19.5 Å². The molecule has 0 saturated heterocycles. The van der Waals surface area contributed by atoms with Gasteiger partial charge in [0.25, 0.3) is 0 Å². The van der Waals surface area contributed by atoms with Crippen LogP contribution in [0.4, 0.5) is 0 Å². The van der Waals surface area contributed by atoms with E-state index in [9.17, 15) is 0 Å². The van der Waals surface area contributed by atoms with E-state index < -0.39 is 10.2 Å². The van der Waals surface area contributed by atoms with Crippen LogP contribution < -0.4 is 0 Å². The summed E-state index contributed by atoms with van der Waals surface area (Å²) < 4.78 is 0. The van der Waals surface area contributed by atoms with Gasteiger partial charge in [0.2, 0.25) is 0 Å². The second-order valence-corrected chi connectivity index (χ2v) is 4.77. The maximum Gasteiger partial charge on any atom is 2.00 e. The number of nitrogens with zero attached hydrogens (tertiary/aromatic N) is 2. The number of hydrogen-bond donors (Lipinski definition) is 0. The first-order chi connectivity index (χ1) is 11.8. The molecule has 162 valence electrons. The molecule has 0 aromatic heterocycles. The molecule has 0 saturated carbocycles. The standard InChI is InChI=1S/3C4H10N2.2NO3.Zn/c3*1-4(6)2-3-5;2*2-1(3)4;/h3*4-6H,2-3H2,1H3;;;/q3*-2;2*-1;+2. The zero-order valence-electron chi connectivity index (χ0n) is 16.0. The first kappa shape index (κ1) is 40.5.